The largest absolute Gasteiger partial charge is 0.315 e. The van der Waals surface area contributed by atoms with Gasteiger partial charge in [0.05, 0.1) is 12.5 Å². The quantitative estimate of drug-likeness (QED) is 0.518. The van der Waals surface area contributed by atoms with Crippen molar-refractivity contribution in [1.82, 2.24) is 29.9 Å². The summed E-state index contributed by atoms with van der Waals surface area (Å²) in [5, 5.41) is 12.8. The molecule has 6 nitrogen and oxygen atoms in total. The molecule has 36 heavy (non-hydrogen) atoms. The lowest BCUT2D eigenvalue weighted by Gasteiger charge is -2.35. The lowest BCUT2D eigenvalue weighted by atomic mass is 9.87. The highest BCUT2D eigenvalue weighted by Gasteiger charge is 2.40. The van der Waals surface area contributed by atoms with Gasteiger partial charge in [-0.2, -0.15) is 0 Å². The van der Waals surface area contributed by atoms with Crippen LogP contribution in [-0.2, 0) is 13.1 Å². The highest BCUT2D eigenvalue weighted by atomic mass is 15.3. The zero-order chi connectivity index (χ0) is 24.2. The Morgan fingerprint density at radius 3 is 2.42 bits per heavy atom. The average molecular weight is 485 g/mol. The summed E-state index contributed by atoms with van der Waals surface area (Å²) in [6.45, 7) is 7.78. The first-order valence-electron chi connectivity index (χ1n) is 14.0. The minimum Gasteiger partial charge on any atom is -0.315 e. The van der Waals surface area contributed by atoms with Crippen molar-refractivity contribution in [2.45, 2.75) is 69.6 Å². The van der Waals surface area contributed by atoms with Gasteiger partial charge in [-0.25, -0.2) is 0 Å². The fourth-order valence-electron chi connectivity index (χ4n) is 6.70. The van der Waals surface area contributed by atoms with E-state index < -0.39 is 0 Å². The van der Waals surface area contributed by atoms with Crippen molar-refractivity contribution in [3.8, 4) is 0 Å². The van der Waals surface area contributed by atoms with Gasteiger partial charge in [0, 0.05) is 25.2 Å². The second-order valence-corrected chi connectivity index (χ2v) is 11.0. The lowest BCUT2D eigenvalue weighted by Crippen LogP contribution is -2.44. The van der Waals surface area contributed by atoms with Crippen molar-refractivity contribution in [3.63, 3.8) is 0 Å². The number of aromatic nitrogens is 3. The molecule has 1 N–H and O–H groups in total. The number of piperidine rings is 1. The topological polar surface area (TPSA) is 49.2 Å². The van der Waals surface area contributed by atoms with E-state index in [9.17, 15) is 0 Å². The summed E-state index contributed by atoms with van der Waals surface area (Å²) >= 11 is 0. The average Bonchev–Trinajstić information content (AvgIpc) is 3.70. The smallest absolute Gasteiger partial charge is 0.142 e. The summed E-state index contributed by atoms with van der Waals surface area (Å²) in [6.07, 6.45) is 9.71. The molecule has 3 atom stereocenters. The van der Waals surface area contributed by atoms with Crippen molar-refractivity contribution in [3.05, 3.63) is 83.4 Å². The Morgan fingerprint density at radius 2 is 1.64 bits per heavy atom. The standard InChI is InChI=1S/C30H40N6/c1-3-8-24(9-4-1)22-35-23-32-33-30(35)29(28-10-7-19-36(28)27-15-16-31-20-27)26-13-11-25(12-14-26)21-34-17-5-2-6-18-34/h1,3-4,8-9,11-14,23,27-29,31H,2,5-7,10,15-22H2. The van der Waals surface area contributed by atoms with E-state index in [1.165, 1.54) is 74.8 Å². The number of rotatable bonds is 8. The van der Waals surface area contributed by atoms with Crippen molar-refractivity contribution in [1.29, 1.82) is 0 Å². The van der Waals surface area contributed by atoms with Crippen molar-refractivity contribution < 1.29 is 0 Å². The summed E-state index contributed by atoms with van der Waals surface area (Å²) < 4.78 is 2.28. The van der Waals surface area contributed by atoms with Crippen molar-refractivity contribution in [2.24, 2.45) is 0 Å². The molecular formula is C30H40N6. The van der Waals surface area contributed by atoms with Gasteiger partial charge in [0.1, 0.15) is 12.2 Å². The van der Waals surface area contributed by atoms with Gasteiger partial charge in [-0.3, -0.25) is 9.80 Å². The first-order chi connectivity index (χ1) is 17.8. The molecule has 3 aliphatic heterocycles. The van der Waals surface area contributed by atoms with E-state index in [0.29, 0.717) is 12.1 Å². The number of benzene rings is 2. The molecule has 190 valence electrons. The van der Waals surface area contributed by atoms with Crippen LogP contribution < -0.4 is 5.32 Å². The molecule has 6 rings (SSSR count). The van der Waals surface area contributed by atoms with Gasteiger partial charge in [0.2, 0.25) is 0 Å². The molecular weight excluding hydrogens is 444 g/mol. The third-order valence-electron chi connectivity index (χ3n) is 8.54. The van der Waals surface area contributed by atoms with Gasteiger partial charge in [-0.15, -0.1) is 10.2 Å². The molecule has 3 aromatic rings. The van der Waals surface area contributed by atoms with Crippen LogP contribution in [0.4, 0.5) is 0 Å². The van der Waals surface area contributed by atoms with E-state index in [-0.39, 0.29) is 5.92 Å². The number of hydrogen-bond acceptors (Lipinski definition) is 5. The molecule has 3 unspecified atom stereocenters. The van der Waals surface area contributed by atoms with E-state index in [1.54, 1.807) is 0 Å². The van der Waals surface area contributed by atoms with Gasteiger partial charge >= 0.3 is 0 Å². The molecule has 2 aromatic carbocycles. The van der Waals surface area contributed by atoms with Gasteiger partial charge in [0.15, 0.2) is 0 Å². The molecule has 0 saturated carbocycles. The summed E-state index contributed by atoms with van der Waals surface area (Å²) in [4.78, 5) is 5.39. The minimum atomic E-state index is 0.225. The van der Waals surface area contributed by atoms with Crippen LogP contribution in [0.2, 0.25) is 0 Å². The molecule has 0 bridgehead atoms. The molecule has 3 fully saturated rings. The van der Waals surface area contributed by atoms with E-state index in [0.717, 1.165) is 32.0 Å². The lowest BCUT2D eigenvalue weighted by molar-refractivity contribution is 0.174. The van der Waals surface area contributed by atoms with Crippen LogP contribution in [0.5, 0.6) is 0 Å². The Kier molecular flexibility index (Phi) is 7.44. The van der Waals surface area contributed by atoms with Gasteiger partial charge in [-0.05, 0) is 75.0 Å². The summed E-state index contributed by atoms with van der Waals surface area (Å²) in [5.74, 6) is 1.33. The summed E-state index contributed by atoms with van der Waals surface area (Å²) in [6, 6.07) is 21.3. The second-order valence-electron chi connectivity index (χ2n) is 11.0. The van der Waals surface area contributed by atoms with Crippen LogP contribution in [0, 0.1) is 0 Å². The monoisotopic (exact) mass is 484 g/mol. The van der Waals surface area contributed by atoms with Gasteiger partial charge < -0.3 is 9.88 Å². The van der Waals surface area contributed by atoms with Gasteiger partial charge in [-0.1, -0.05) is 61.0 Å². The third kappa shape index (κ3) is 5.26. The summed E-state index contributed by atoms with van der Waals surface area (Å²) in [5.41, 5.74) is 4.09. The first kappa shape index (κ1) is 23.8. The molecule has 6 heteroatoms. The highest BCUT2D eigenvalue weighted by molar-refractivity contribution is 5.32. The number of nitrogens with zero attached hydrogens (tertiary/aromatic N) is 5. The zero-order valence-electron chi connectivity index (χ0n) is 21.4. The fourth-order valence-corrected chi connectivity index (χ4v) is 6.70. The molecule has 0 amide bonds. The second kappa shape index (κ2) is 11.2. The Balaban J connectivity index is 1.31. The fraction of sp³-hybridized carbons (Fsp3) is 0.533. The molecule has 0 aliphatic carbocycles. The van der Waals surface area contributed by atoms with Crippen molar-refractivity contribution >= 4 is 0 Å². The Labute approximate surface area is 215 Å². The Bertz CT molecular complexity index is 1080. The molecule has 1 aromatic heterocycles. The predicted octanol–water partition coefficient (Wildman–Crippen LogP) is 4.27. The van der Waals surface area contributed by atoms with Gasteiger partial charge in [0.25, 0.3) is 0 Å². The predicted molar refractivity (Wildman–Crippen MR) is 144 cm³/mol. The summed E-state index contributed by atoms with van der Waals surface area (Å²) in [7, 11) is 0. The maximum atomic E-state index is 4.77. The van der Waals surface area contributed by atoms with Crippen LogP contribution in [0.3, 0.4) is 0 Å². The molecule has 3 saturated heterocycles. The first-order valence-corrected chi connectivity index (χ1v) is 14.0. The Hall–Kier alpha value is -2.54. The van der Waals surface area contributed by atoms with E-state index in [4.69, 9.17) is 5.10 Å². The van der Waals surface area contributed by atoms with Crippen LogP contribution in [-0.4, -0.2) is 69.4 Å². The maximum absolute atomic E-state index is 4.77. The molecule has 0 spiro atoms. The number of hydrogen-bond donors (Lipinski definition) is 1. The third-order valence-corrected chi connectivity index (χ3v) is 8.54. The van der Waals surface area contributed by atoms with Crippen LogP contribution in [0.15, 0.2) is 60.9 Å². The van der Waals surface area contributed by atoms with E-state index >= 15 is 0 Å². The van der Waals surface area contributed by atoms with Crippen LogP contribution in [0.25, 0.3) is 0 Å². The van der Waals surface area contributed by atoms with Crippen LogP contribution >= 0.6 is 0 Å². The normalized spacial score (nSPS) is 24.3. The maximum Gasteiger partial charge on any atom is 0.142 e. The minimum absolute atomic E-state index is 0.225. The molecule has 4 heterocycles. The van der Waals surface area contributed by atoms with Crippen molar-refractivity contribution in [2.75, 3.05) is 32.7 Å². The molecule has 3 aliphatic rings. The zero-order valence-corrected chi connectivity index (χ0v) is 21.4. The number of likely N-dealkylation sites (tertiary alicyclic amines) is 2. The van der Waals surface area contributed by atoms with E-state index in [2.05, 4.69) is 79.4 Å². The highest BCUT2D eigenvalue weighted by Crippen LogP contribution is 2.38. The van der Waals surface area contributed by atoms with Crippen LogP contribution in [0.1, 0.15) is 67.0 Å². The molecule has 0 radical (unpaired) electrons. The van der Waals surface area contributed by atoms with E-state index in [1.807, 2.05) is 6.33 Å². The SMILES string of the molecule is c1ccc(Cn2cnnc2C(c2ccc(CN3CCCCC3)cc2)C2CCCN2C2CCNC2)cc1. The Morgan fingerprint density at radius 1 is 0.833 bits per heavy atom. The number of nitrogens with one attached hydrogen (secondary N) is 1.